The molecule has 6 nitrogen and oxygen atoms in total. The van der Waals surface area contributed by atoms with E-state index in [1.165, 1.54) is 0 Å². The first-order valence-corrected chi connectivity index (χ1v) is 7.46. The van der Waals surface area contributed by atoms with Gasteiger partial charge in [0.15, 0.2) is 0 Å². The van der Waals surface area contributed by atoms with Crippen LogP contribution in [0.4, 0.5) is 5.69 Å². The third kappa shape index (κ3) is 3.90. The van der Waals surface area contributed by atoms with Crippen molar-refractivity contribution in [1.29, 1.82) is 0 Å². The number of anilines is 1. The van der Waals surface area contributed by atoms with Crippen molar-refractivity contribution in [3.63, 3.8) is 0 Å². The monoisotopic (exact) mass is 304 g/mol. The summed E-state index contributed by atoms with van der Waals surface area (Å²) in [5.41, 5.74) is 1.06. The molecule has 1 aromatic carbocycles. The van der Waals surface area contributed by atoms with Crippen LogP contribution in [0, 0.1) is 5.92 Å². The average Bonchev–Trinajstić information content (AvgIpc) is 2.52. The lowest BCUT2D eigenvalue weighted by Crippen LogP contribution is -2.52. The lowest BCUT2D eigenvalue weighted by molar-refractivity contribution is -0.125. The van der Waals surface area contributed by atoms with Crippen LogP contribution in [0.25, 0.3) is 0 Å². The van der Waals surface area contributed by atoms with Crippen molar-refractivity contribution in [3.8, 4) is 5.75 Å². The number of nitrogens with one attached hydrogen (secondary N) is 1. The molecule has 0 saturated heterocycles. The Morgan fingerprint density at radius 1 is 1.41 bits per heavy atom. The Morgan fingerprint density at radius 3 is 2.55 bits per heavy atom. The number of hydrogen-bond acceptors (Lipinski definition) is 5. The summed E-state index contributed by atoms with van der Waals surface area (Å²) in [6, 6.07) is 7.85. The molecule has 1 N–H and O–H groups in total. The van der Waals surface area contributed by atoms with Crippen LogP contribution in [-0.4, -0.2) is 43.8 Å². The third-order valence-electron chi connectivity index (χ3n) is 3.44. The van der Waals surface area contributed by atoms with E-state index in [1.807, 2.05) is 24.3 Å². The molecule has 1 heterocycles. The van der Waals surface area contributed by atoms with Crippen molar-refractivity contribution >= 4 is 17.6 Å². The first-order valence-electron chi connectivity index (χ1n) is 7.46. The molecule has 0 radical (unpaired) electrons. The molecule has 0 aliphatic carbocycles. The second kappa shape index (κ2) is 7.15. The maximum Gasteiger partial charge on any atom is 0.226 e. The predicted octanol–water partition coefficient (Wildman–Crippen LogP) is 1.88. The van der Waals surface area contributed by atoms with Gasteiger partial charge in [0.1, 0.15) is 12.4 Å². The fraction of sp³-hybridized carbons (Fsp3) is 0.500. The fourth-order valence-electron chi connectivity index (χ4n) is 2.30. The van der Waals surface area contributed by atoms with Crippen molar-refractivity contribution in [2.75, 3.05) is 31.9 Å². The highest BCUT2D eigenvalue weighted by atomic mass is 16.5. The molecule has 1 aliphatic rings. The summed E-state index contributed by atoms with van der Waals surface area (Å²) < 4.78 is 5.16. The van der Waals surface area contributed by atoms with Crippen LogP contribution < -0.4 is 15.0 Å². The number of carbonyl (C=O) groups is 1. The molecule has 2 rings (SSSR count). The maximum absolute atomic E-state index is 11.8. The van der Waals surface area contributed by atoms with Crippen LogP contribution in [0.5, 0.6) is 5.75 Å². The van der Waals surface area contributed by atoms with Gasteiger partial charge >= 0.3 is 0 Å². The van der Waals surface area contributed by atoms with E-state index in [4.69, 9.17) is 4.74 Å². The Morgan fingerprint density at radius 2 is 2.09 bits per heavy atom. The van der Waals surface area contributed by atoms with E-state index >= 15 is 0 Å². The van der Waals surface area contributed by atoms with E-state index < -0.39 is 0 Å². The molecule has 0 spiro atoms. The van der Waals surface area contributed by atoms with E-state index in [2.05, 4.69) is 29.1 Å². The van der Waals surface area contributed by atoms with Crippen LogP contribution >= 0.6 is 0 Å². The minimum absolute atomic E-state index is 0.0119. The fourth-order valence-corrected chi connectivity index (χ4v) is 2.30. The van der Waals surface area contributed by atoms with Crippen molar-refractivity contribution in [1.82, 2.24) is 10.2 Å². The zero-order valence-corrected chi connectivity index (χ0v) is 13.7. The summed E-state index contributed by atoms with van der Waals surface area (Å²) in [6.07, 6.45) is 0. The molecular formula is C16H24N4O2. The predicted molar refractivity (Wildman–Crippen MR) is 88.0 cm³/mol. The van der Waals surface area contributed by atoms with E-state index in [0.29, 0.717) is 31.8 Å². The molecule has 1 aromatic rings. The number of rotatable bonds is 4. The number of methoxy groups -OCH3 is 1. The van der Waals surface area contributed by atoms with Crippen molar-refractivity contribution in [2.45, 2.75) is 20.8 Å². The van der Waals surface area contributed by atoms with Gasteiger partial charge in [0.05, 0.1) is 13.8 Å². The summed E-state index contributed by atoms with van der Waals surface area (Å²) in [7, 11) is 1.65. The number of guanidine groups is 1. The Labute approximate surface area is 131 Å². The highest BCUT2D eigenvalue weighted by Crippen LogP contribution is 2.19. The molecule has 0 bridgehead atoms. The minimum Gasteiger partial charge on any atom is -0.497 e. The normalized spacial score (nSPS) is 14.4. The zero-order valence-electron chi connectivity index (χ0n) is 13.7. The molecule has 6 heteroatoms. The molecular weight excluding hydrogens is 280 g/mol. The highest BCUT2D eigenvalue weighted by Gasteiger charge is 2.21. The van der Waals surface area contributed by atoms with Crippen LogP contribution in [-0.2, 0) is 4.79 Å². The zero-order chi connectivity index (χ0) is 16.1. The largest absolute Gasteiger partial charge is 0.497 e. The first kappa shape index (κ1) is 16.1. The molecule has 1 amide bonds. The topological polar surface area (TPSA) is 57.2 Å². The smallest absolute Gasteiger partial charge is 0.226 e. The van der Waals surface area contributed by atoms with Gasteiger partial charge in [-0.2, -0.15) is 0 Å². The van der Waals surface area contributed by atoms with Gasteiger partial charge in [0.25, 0.3) is 0 Å². The summed E-state index contributed by atoms with van der Waals surface area (Å²) in [5.74, 6) is 1.90. The average molecular weight is 304 g/mol. The van der Waals surface area contributed by atoms with Gasteiger partial charge in [-0.3, -0.25) is 9.69 Å². The molecule has 120 valence electrons. The summed E-state index contributed by atoms with van der Waals surface area (Å²) in [6.45, 7) is 7.56. The lowest BCUT2D eigenvalue weighted by Gasteiger charge is -2.33. The molecule has 0 unspecified atom stereocenters. The van der Waals surface area contributed by atoms with Gasteiger partial charge in [-0.15, -0.1) is 0 Å². The Hall–Kier alpha value is -2.24. The molecule has 0 saturated carbocycles. The van der Waals surface area contributed by atoms with Crippen LogP contribution in [0.1, 0.15) is 20.8 Å². The van der Waals surface area contributed by atoms with Crippen molar-refractivity contribution in [3.05, 3.63) is 24.3 Å². The van der Waals surface area contributed by atoms with Crippen LogP contribution in [0.2, 0.25) is 0 Å². The maximum atomic E-state index is 11.8. The van der Waals surface area contributed by atoms with Gasteiger partial charge in [-0.1, -0.05) is 13.8 Å². The second-order valence-corrected chi connectivity index (χ2v) is 5.72. The number of carbonyl (C=O) groups excluding carboxylic acids is 1. The van der Waals surface area contributed by atoms with Crippen molar-refractivity contribution in [2.24, 2.45) is 10.9 Å². The summed E-state index contributed by atoms with van der Waals surface area (Å²) in [4.78, 5) is 20.1. The number of aliphatic imine (C=N–C) groups is 1. The quantitative estimate of drug-likeness (QED) is 0.923. The third-order valence-corrected chi connectivity index (χ3v) is 3.44. The number of nitrogens with zero attached hydrogens (tertiary/aromatic N) is 3. The Kier molecular flexibility index (Phi) is 5.25. The second-order valence-electron chi connectivity index (χ2n) is 5.72. The molecule has 0 aromatic heterocycles. The Balaban J connectivity index is 2.05. The first-order chi connectivity index (χ1) is 10.5. The SMILES string of the molecule is COc1ccc(N2CN=C(N(CC(C)C)C(C)=O)NC2)cc1. The number of ether oxygens (including phenoxy) is 1. The Bertz CT molecular complexity index is 540. The van der Waals surface area contributed by atoms with E-state index in [9.17, 15) is 4.79 Å². The van der Waals surface area contributed by atoms with E-state index in [1.54, 1.807) is 18.9 Å². The molecule has 0 atom stereocenters. The van der Waals surface area contributed by atoms with Gasteiger partial charge in [0, 0.05) is 19.2 Å². The number of benzene rings is 1. The van der Waals surface area contributed by atoms with Crippen molar-refractivity contribution < 1.29 is 9.53 Å². The number of amides is 1. The van der Waals surface area contributed by atoms with E-state index in [-0.39, 0.29) is 5.91 Å². The van der Waals surface area contributed by atoms with Gasteiger partial charge in [-0.25, -0.2) is 4.99 Å². The highest BCUT2D eigenvalue weighted by molar-refractivity contribution is 5.96. The standard InChI is InChI=1S/C16H24N4O2/c1-12(2)9-20(13(3)21)16-17-10-19(11-18-16)14-5-7-15(22-4)8-6-14/h5-8,12H,9-11H2,1-4H3,(H,17,18). The van der Waals surface area contributed by atoms with E-state index in [0.717, 1.165) is 11.4 Å². The molecule has 0 fully saturated rings. The number of hydrogen-bond donors (Lipinski definition) is 1. The minimum atomic E-state index is 0.0119. The van der Waals surface area contributed by atoms with Gasteiger partial charge in [-0.05, 0) is 30.2 Å². The molecule has 1 aliphatic heterocycles. The lowest BCUT2D eigenvalue weighted by atomic mass is 10.2. The molecule has 22 heavy (non-hydrogen) atoms. The summed E-state index contributed by atoms with van der Waals surface area (Å²) in [5, 5.41) is 3.23. The van der Waals surface area contributed by atoms with Gasteiger partial charge < -0.3 is 15.0 Å². The van der Waals surface area contributed by atoms with Crippen LogP contribution in [0.15, 0.2) is 29.3 Å². The van der Waals surface area contributed by atoms with Gasteiger partial charge in [0.2, 0.25) is 11.9 Å². The summed E-state index contributed by atoms with van der Waals surface area (Å²) >= 11 is 0. The van der Waals surface area contributed by atoms with Crippen LogP contribution in [0.3, 0.4) is 0 Å².